The van der Waals surface area contributed by atoms with Crippen molar-refractivity contribution in [2.24, 2.45) is 7.05 Å². The summed E-state index contributed by atoms with van der Waals surface area (Å²) in [5, 5.41) is 16.6. The van der Waals surface area contributed by atoms with Crippen LogP contribution < -0.4 is 72.2 Å². The molecule has 0 bridgehead atoms. The van der Waals surface area contributed by atoms with Crippen LogP contribution in [0.15, 0.2) is 18.2 Å². The van der Waals surface area contributed by atoms with E-state index >= 15 is 0 Å². The maximum Gasteiger partial charge on any atom is 1.00 e. The van der Waals surface area contributed by atoms with Crippen molar-refractivity contribution in [3.8, 4) is 0 Å². The average Bonchev–Trinajstić information content (AvgIpc) is 3.07. The minimum Gasteiger partial charge on any atom is -0.550 e. The number of aliphatic carboxylic acids is 1. The van der Waals surface area contributed by atoms with Gasteiger partial charge in [-0.1, -0.05) is 6.07 Å². The van der Waals surface area contributed by atoms with Gasteiger partial charge in [-0.25, -0.2) is 4.79 Å². The molecule has 0 atom stereocenters. The van der Waals surface area contributed by atoms with Crippen molar-refractivity contribution in [2.45, 2.75) is 52.2 Å². The Balaban J connectivity index is 0.000000672. The number of nitrogens with one attached hydrogen (secondary N) is 1. The van der Waals surface area contributed by atoms with Gasteiger partial charge in [0.05, 0.1) is 16.7 Å². The van der Waals surface area contributed by atoms with Crippen molar-refractivity contribution < 1.29 is 80.2 Å². The van der Waals surface area contributed by atoms with Crippen LogP contribution >= 0.6 is 0 Å². The number of nitrogens with zero attached hydrogens (tertiary/aromatic N) is 3. The quantitative estimate of drug-likeness (QED) is 0.468. The van der Waals surface area contributed by atoms with Gasteiger partial charge in [0.1, 0.15) is 0 Å². The second-order valence-electron chi connectivity index (χ2n) is 8.56. The molecule has 2 saturated heterocycles. The van der Waals surface area contributed by atoms with Crippen LogP contribution in [0.25, 0.3) is 10.9 Å². The fraction of sp³-hybridized carbons (Fsp3) is 0.500. The Labute approximate surface area is 229 Å². The monoisotopic (exact) mass is 468 g/mol. The molecule has 10 nitrogen and oxygen atoms in total. The summed E-state index contributed by atoms with van der Waals surface area (Å²) in [5.41, 5.74) is 0.932. The number of aryl methyl sites for hydroxylation is 1. The number of carboxylic acids is 1. The predicted octanol–water partition coefficient (Wildman–Crippen LogP) is -2.92. The molecular formula is C20H26BKN4O6. The summed E-state index contributed by atoms with van der Waals surface area (Å²) in [6.07, 6.45) is 0.260. The van der Waals surface area contributed by atoms with Gasteiger partial charge in [0, 0.05) is 31.4 Å². The topological polar surface area (TPSA) is 126 Å². The van der Waals surface area contributed by atoms with Crippen molar-refractivity contribution in [1.29, 1.82) is 0 Å². The molecule has 32 heavy (non-hydrogen) atoms. The number of urea groups is 1. The molecule has 3 heterocycles. The largest absolute Gasteiger partial charge is 1.00 e. The molecule has 0 unspecified atom stereocenters. The molecule has 2 fully saturated rings. The molecule has 2 aromatic rings. The Morgan fingerprint density at radius 2 is 1.75 bits per heavy atom. The molecule has 0 radical (unpaired) electrons. The van der Waals surface area contributed by atoms with E-state index in [0.29, 0.717) is 12.4 Å². The first-order chi connectivity index (χ1) is 14.3. The normalized spacial score (nSPS) is 19.2. The van der Waals surface area contributed by atoms with Gasteiger partial charge >= 0.3 is 64.5 Å². The number of amides is 3. The molecule has 3 amide bonds. The van der Waals surface area contributed by atoms with Crippen LogP contribution in [0.2, 0.25) is 0 Å². The fourth-order valence-corrected chi connectivity index (χ4v) is 3.35. The average molecular weight is 468 g/mol. The van der Waals surface area contributed by atoms with Crippen LogP contribution in [0.5, 0.6) is 0 Å². The zero-order valence-electron chi connectivity index (χ0n) is 19.5. The van der Waals surface area contributed by atoms with Crippen LogP contribution in [-0.4, -0.2) is 52.6 Å². The second kappa shape index (κ2) is 9.92. The number of imide groups is 1. The molecule has 1 aromatic carbocycles. The third-order valence-corrected chi connectivity index (χ3v) is 5.69. The third kappa shape index (κ3) is 5.44. The number of fused-ring (bicyclic) bond motifs is 1. The number of hydrogen-bond acceptors (Lipinski definition) is 7. The maximum atomic E-state index is 12.2. The molecule has 1 aromatic heterocycles. The summed E-state index contributed by atoms with van der Waals surface area (Å²) in [6, 6.07) is 5.38. The molecule has 0 aliphatic carbocycles. The summed E-state index contributed by atoms with van der Waals surface area (Å²) in [5.74, 6) is -0.808. The summed E-state index contributed by atoms with van der Waals surface area (Å²) in [4.78, 5) is 34.0. The Morgan fingerprint density at radius 1 is 1.19 bits per heavy atom. The van der Waals surface area contributed by atoms with Crippen LogP contribution in [0.1, 0.15) is 41.0 Å². The molecule has 1 N–H and O–H groups in total. The van der Waals surface area contributed by atoms with Crippen molar-refractivity contribution in [1.82, 2.24) is 15.1 Å². The predicted molar refractivity (Wildman–Crippen MR) is 113 cm³/mol. The van der Waals surface area contributed by atoms with E-state index in [1.165, 1.54) is 4.90 Å². The molecule has 12 heteroatoms. The summed E-state index contributed by atoms with van der Waals surface area (Å²) in [6.45, 7) is 9.36. The summed E-state index contributed by atoms with van der Waals surface area (Å²) < 4.78 is 14.0. The SMILES string of the molecule is CC(=O)[O-].Cn1nc(N2CCC(=O)NC2=O)c2ccc(B3OC(C)(C)C(C)(C)O3)cc21.[K+]. The Hall–Kier alpha value is -1.28. The molecule has 2 aliphatic heterocycles. The number of carbonyl (C=O) groups excluding carboxylic acids is 3. The fourth-order valence-electron chi connectivity index (χ4n) is 3.35. The molecule has 0 spiro atoms. The van der Waals surface area contributed by atoms with Gasteiger partial charge in [-0.2, -0.15) is 5.10 Å². The minimum absolute atomic E-state index is 0. The van der Waals surface area contributed by atoms with Gasteiger partial charge in [0.2, 0.25) is 5.91 Å². The van der Waals surface area contributed by atoms with Crippen LogP contribution in [0.4, 0.5) is 10.6 Å². The number of carbonyl (C=O) groups is 3. The van der Waals surface area contributed by atoms with Gasteiger partial charge < -0.3 is 19.2 Å². The zero-order chi connectivity index (χ0) is 23.1. The van der Waals surface area contributed by atoms with E-state index in [1.54, 1.807) is 4.68 Å². The number of anilines is 1. The second-order valence-corrected chi connectivity index (χ2v) is 8.56. The van der Waals surface area contributed by atoms with Crippen LogP contribution in [0.3, 0.4) is 0 Å². The molecular weight excluding hydrogens is 442 g/mol. The van der Waals surface area contributed by atoms with Gasteiger partial charge in [-0.05, 0) is 52.2 Å². The van der Waals surface area contributed by atoms with Crippen LogP contribution in [-0.2, 0) is 25.9 Å². The van der Waals surface area contributed by atoms with E-state index in [9.17, 15) is 9.59 Å². The van der Waals surface area contributed by atoms with Gasteiger partial charge in [-0.3, -0.25) is 19.7 Å². The van der Waals surface area contributed by atoms with E-state index in [0.717, 1.165) is 23.3 Å². The van der Waals surface area contributed by atoms with E-state index in [2.05, 4.69) is 10.4 Å². The number of benzene rings is 1. The summed E-state index contributed by atoms with van der Waals surface area (Å²) >= 11 is 0. The maximum absolute atomic E-state index is 12.2. The first kappa shape index (κ1) is 27.0. The number of rotatable bonds is 2. The first-order valence-electron chi connectivity index (χ1n) is 9.93. The smallest absolute Gasteiger partial charge is 0.550 e. The number of carboxylic acid groups (broad SMARTS) is 1. The van der Waals surface area contributed by atoms with Crippen molar-refractivity contribution in [3.63, 3.8) is 0 Å². The van der Waals surface area contributed by atoms with Gasteiger partial charge in [-0.15, -0.1) is 0 Å². The number of aromatic nitrogens is 2. The van der Waals surface area contributed by atoms with Crippen molar-refractivity contribution in [3.05, 3.63) is 18.2 Å². The number of hydrogen-bond donors (Lipinski definition) is 1. The van der Waals surface area contributed by atoms with E-state index in [1.807, 2.05) is 52.9 Å². The molecule has 2 aliphatic rings. The van der Waals surface area contributed by atoms with Gasteiger partial charge in [0.25, 0.3) is 0 Å². The molecule has 166 valence electrons. The van der Waals surface area contributed by atoms with E-state index < -0.39 is 30.3 Å². The Kier molecular flexibility index (Phi) is 8.36. The molecule has 4 rings (SSSR count). The zero-order valence-corrected chi connectivity index (χ0v) is 22.6. The van der Waals surface area contributed by atoms with E-state index in [-0.39, 0.29) is 63.7 Å². The van der Waals surface area contributed by atoms with Crippen molar-refractivity contribution >= 4 is 47.2 Å². The van der Waals surface area contributed by atoms with E-state index in [4.69, 9.17) is 19.2 Å². The Bertz CT molecular complexity index is 1030. The third-order valence-electron chi connectivity index (χ3n) is 5.69. The van der Waals surface area contributed by atoms with Crippen molar-refractivity contribution in [2.75, 3.05) is 11.4 Å². The minimum atomic E-state index is -1.08. The Morgan fingerprint density at radius 3 is 2.28 bits per heavy atom. The summed E-state index contributed by atoms with van der Waals surface area (Å²) in [7, 11) is 1.36. The first-order valence-corrected chi connectivity index (χ1v) is 9.93. The molecule has 0 saturated carbocycles. The van der Waals surface area contributed by atoms with Crippen LogP contribution in [0, 0.1) is 0 Å². The standard InChI is InChI=1S/C18H23BN4O4.C2H4O2.K/c1-17(2)18(3,4)27-19(26-17)11-6-7-12-13(10-11)22(5)21-15(12)23-9-8-14(24)20-16(23)25;1-2(3)4;/h6-7,10H,8-9H2,1-5H3,(H,20,24,25);1H3,(H,3,4);/q;;+1/p-1. The van der Waals surface area contributed by atoms with Gasteiger partial charge in [0.15, 0.2) is 5.82 Å².